The molecule has 2 heterocycles. The Bertz CT molecular complexity index is 762. The quantitative estimate of drug-likeness (QED) is 0.494. The number of aryl methyl sites for hydroxylation is 2. The summed E-state index contributed by atoms with van der Waals surface area (Å²) in [6.45, 7) is 6.92. The molecule has 144 valence electrons. The van der Waals surface area contributed by atoms with Crippen LogP contribution in [0.25, 0.3) is 6.08 Å². The fourth-order valence-electron chi connectivity index (χ4n) is 3.59. The van der Waals surface area contributed by atoms with E-state index in [1.165, 1.54) is 16.7 Å². The SMILES string of the molecule is CN=C(NCCCc1c(C)noc1C)N1CCC(=Cc2ccccc2)CC1. The summed E-state index contributed by atoms with van der Waals surface area (Å²) in [6, 6.07) is 10.6. The molecule has 5 heteroatoms. The number of aliphatic imine (C=N–C) groups is 1. The Morgan fingerprint density at radius 1 is 1.22 bits per heavy atom. The summed E-state index contributed by atoms with van der Waals surface area (Å²) in [6.07, 6.45) is 6.53. The van der Waals surface area contributed by atoms with E-state index in [1.807, 2.05) is 20.9 Å². The van der Waals surface area contributed by atoms with E-state index in [1.54, 1.807) is 0 Å². The molecule has 27 heavy (non-hydrogen) atoms. The van der Waals surface area contributed by atoms with Gasteiger partial charge in [0.1, 0.15) is 5.76 Å². The first-order valence-electron chi connectivity index (χ1n) is 9.79. The monoisotopic (exact) mass is 366 g/mol. The molecule has 0 radical (unpaired) electrons. The predicted molar refractivity (Wildman–Crippen MR) is 111 cm³/mol. The minimum absolute atomic E-state index is 0.903. The summed E-state index contributed by atoms with van der Waals surface area (Å²) in [4.78, 5) is 6.83. The number of likely N-dealkylation sites (tertiary alicyclic amines) is 1. The summed E-state index contributed by atoms with van der Waals surface area (Å²) in [5.74, 6) is 1.94. The van der Waals surface area contributed by atoms with E-state index >= 15 is 0 Å². The first kappa shape index (κ1) is 19.2. The molecule has 1 fully saturated rings. The van der Waals surface area contributed by atoms with Crippen LogP contribution in [0.3, 0.4) is 0 Å². The molecule has 3 rings (SSSR count). The van der Waals surface area contributed by atoms with Crippen molar-refractivity contribution in [3.05, 3.63) is 58.5 Å². The van der Waals surface area contributed by atoms with Gasteiger partial charge in [0.05, 0.1) is 5.69 Å². The van der Waals surface area contributed by atoms with Gasteiger partial charge in [-0.15, -0.1) is 0 Å². The lowest BCUT2D eigenvalue weighted by Gasteiger charge is -2.31. The number of nitrogens with one attached hydrogen (secondary N) is 1. The second kappa shape index (κ2) is 9.40. The van der Waals surface area contributed by atoms with Gasteiger partial charge in [0, 0.05) is 32.2 Å². The molecule has 1 aliphatic rings. The summed E-state index contributed by atoms with van der Waals surface area (Å²) >= 11 is 0. The zero-order chi connectivity index (χ0) is 19.1. The Kier molecular flexibility index (Phi) is 6.69. The van der Waals surface area contributed by atoms with Crippen LogP contribution in [0.2, 0.25) is 0 Å². The molecule has 0 spiro atoms. The highest BCUT2D eigenvalue weighted by atomic mass is 16.5. The van der Waals surface area contributed by atoms with Crippen LogP contribution >= 0.6 is 0 Å². The summed E-state index contributed by atoms with van der Waals surface area (Å²) < 4.78 is 5.23. The Balaban J connectivity index is 1.44. The summed E-state index contributed by atoms with van der Waals surface area (Å²) in [7, 11) is 1.87. The number of benzene rings is 1. The van der Waals surface area contributed by atoms with Gasteiger partial charge < -0.3 is 14.7 Å². The van der Waals surface area contributed by atoms with Gasteiger partial charge in [-0.3, -0.25) is 4.99 Å². The van der Waals surface area contributed by atoms with E-state index in [9.17, 15) is 0 Å². The normalized spacial score (nSPS) is 15.1. The number of hydrogen-bond acceptors (Lipinski definition) is 3. The molecule has 0 unspecified atom stereocenters. The predicted octanol–water partition coefficient (Wildman–Crippen LogP) is 3.98. The molecule has 0 atom stereocenters. The molecule has 1 saturated heterocycles. The van der Waals surface area contributed by atoms with E-state index < -0.39 is 0 Å². The molecule has 0 saturated carbocycles. The molecule has 1 aliphatic heterocycles. The van der Waals surface area contributed by atoms with Crippen LogP contribution < -0.4 is 5.32 Å². The maximum Gasteiger partial charge on any atom is 0.193 e. The highest BCUT2D eigenvalue weighted by Crippen LogP contribution is 2.19. The second-order valence-corrected chi connectivity index (χ2v) is 7.08. The number of hydrogen-bond donors (Lipinski definition) is 1. The largest absolute Gasteiger partial charge is 0.361 e. The molecular formula is C22H30N4O. The van der Waals surface area contributed by atoms with E-state index in [2.05, 4.69) is 56.8 Å². The van der Waals surface area contributed by atoms with Crippen molar-refractivity contribution in [2.75, 3.05) is 26.7 Å². The third-order valence-electron chi connectivity index (χ3n) is 5.16. The lowest BCUT2D eigenvalue weighted by molar-refractivity contribution is 0.375. The van der Waals surface area contributed by atoms with Crippen LogP contribution in [0.5, 0.6) is 0 Å². The van der Waals surface area contributed by atoms with E-state index in [0.717, 1.165) is 62.7 Å². The zero-order valence-corrected chi connectivity index (χ0v) is 16.7. The smallest absolute Gasteiger partial charge is 0.193 e. The molecular weight excluding hydrogens is 336 g/mol. The number of aromatic nitrogens is 1. The molecule has 0 bridgehead atoms. The minimum atomic E-state index is 0.903. The topological polar surface area (TPSA) is 53.7 Å². The highest BCUT2D eigenvalue weighted by Gasteiger charge is 2.17. The van der Waals surface area contributed by atoms with Crippen molar-refractivity contribution in [2.45, 2.75) is 39.5 Å². The molecule has 1 aromatic heterocycles. The van der Waals surface area contributed by atoms with Crippen LogP contribution in [0.1, 0.15) is 41.8 Å². The van der Waals surface area contributed by atoms with Crippen molar-refractivity contribution >= 4 is 12.0 Å². The maximum absolute atomic E-state index is 5.23. The second-order valence-electron chi connectivity index (χ2n) is 7.08. The van der Waals surface area contributed by atoms with Crippen molar-refractivity contribution in [1.29, 1.82) is 0 Å². The maximum atomic E-state index is 5.23. The number of rotatable bonds is 5. The van der Waals surface area contributed by atoms with Crippen molar-refractivity contribution in [2.24, 2.45) is 4.99 Å². The van der Waals surface area contributed by atoms with Gasteiger partial charge in [-0.1, -0.05) is 47.1 Å². The van der Waals surface area contributed by atoms with Gasteiger partial charge in [0.15, 0.2) is 5.96 Å². The van der Waals surface area contributed by atoms with Crippen molar-refractivity contribution < 1.29 is 4.52 Å². The zero-order valence-electron chi connectivity index (χ0n) is 16.7. The standard InChI is InChI=1S/C22H30N4O/c1-17-21(18(2)27-25-17)10-7-13-24-22(23-3)26-14-11-20(12-15-26)16-19-8-5-4-6-9-19/h4-6,8-9,16H,7,10-15H2,1-3H3,(H,23,24). The molecule has 0 amide bonds. The number of guanidine groups is 1. The average Bonchev–Trinajstić information content (AvgIpc) is 3.01. The summed E-state index contributed by atoms with van der Waals surface area (Å²) in [5, 5.41) is 7.53. The average molecular weight is 367 g/mol. The lowest BCUT2D eigenvalue weighted by atomic mass is 10.0. The van der Waals surface area contributed by atoms with Gasteiger partial charge in [-0.2, -0.15) is 0 Å². The molecule has 1 aromatic carbocycles. The van der Waals surface area contributed by atoms with Gasteiger partial charge in [0.2, 0.25) is 0 Å². The molecule has 5 nitrogen and oxygen atoms in total. The van der Waals surface area contributed by atoms with Crippen molar-refractivity contribution in [3.63, 3.8) is 0 Å². The fourth-order valence-corrected chi connectivity index (χ4v) is 3.59. The number of piperidine rings is 1. The molecule has 1 N–H and O–H groups in total. The van der Waals surface area contributed by atoms with E-state index in [-0.39, 0.29) is 0 Å². The van der Waals surface area contributed by atoms with Crippen LogP contribution in [0, 0.1) is 13.8 Å². The van der Waals surface area contributed by atoms with Crippen LogP contribution in [0.15, 0.2) is 45.4 Å². The summed E-state index contributed by atoms with van der Waals surface area (Å²) in [5.41, 5.74) is 5.06. The van der Waals surface area contributed by atoms with E-state index in [4.69, 9.17) is 4.52 Å². The highest BCUT2D eigenvalue weighted by molar-refractivity contribution is 5.80. The third kappa shape index (κ3) is 5.22. The Morgan fingerprint density at radius 2 is 1.96 bits per heavy atom. The molecule has 0 aliphatic carbocycles. The van der Waals surface area contributed by atoms with Gasteiger partial charge in [-0.05, 0) is 45.1 Å². The fraction of sp³-hybridized carbons (Fsp3) is 0.455. The first-order chi connectivity index (χ1) is 13.2. The number of nitrogens with zero attached hydrogens (tertiary/aromatic N) is 3. The van der Waals surface area contributed by atoms with Crippen LogP contribution in [-0.4, -0.2) is 42.7 Å². The lowest BCUT2D eigenvalue weighted by Crippen LogP contribution is -2.44. The van der Waals surface area contributed by atoms with Gasteiger partial charge >= 0.3 is 0 Å². The third-order valence-corrected chi connectivity index (χ3v) is 5.16. The Morgan fingerprint density at radius 3 is 2.59 bits per heavy atom. The van der Waals surface area contributed by atoms with Gasteiger partial charge in [-0.25, -0.2) is 0 Å². The Hall–Kier alpha value is -2.56. The van der Waals surface area contributed by atoms with Gasteiger partial charge in [0.25, 0.3) is 0 Å². The van der Waals surface area contributed by atoms with E-state index in [0.29, 0.717) is 0 Å². The van der Waals surface area contributed by atoms with Crippen LogP contribution in [0.4, 0.5) is 0 Å². The van der Waals surface area contributed by atoms with Crippen molar-refractivity contribution in [3.8, 4) is 0 Å². The van der Waals surface area contributed by atoms with Crippen molar-refractivity contribution in [1.82, 2.24) is 15.4 Å². The molecule has 2 aromatic rings. The van der Waals surface area contributed by atoms with Crippen LogP contribution in [-0.2, 0) is 6.42 Å². The Labute approximate surface area is 162 Å². The minimum Gasteiger partial charge on any atom is -0.361 e. The first-order valence-corrected chi connectivity index (χ1v) is 9.79.